The Kier molecular flexibility index (Phi) is 5.79. The van der Waals surface area contributed by atoms with Crippen molar-refractivity contribution in [1.82, 2.24) is 15.1 Å². The van der Waals surface area contributed by atoms with E-state index in [1.807, 2.05) is 12.1 Å². The molecule has 1 amide bonds. The number of para-hydroxylation sites is 2. The highest BCUT2D eigenvalue weighted by atomic mass is 35.5. The third-order valence-corrected chi connectivity index (χ3v) is 6.30. The summed E-state index contributed by atoms with van der Waals surface area (Å²) >= 11 is 7.80. The molecule has 1 atom stereocenters. The Bertz CT molecular complexity index is 1260. The number of hydrogen-bond acceptors (Lipinski definition) is 6. The van der Waals surface area contributed by atoms with Gasteiger partial charge in [-0.1, -0.05) is 23.7 Å². The summed E-state index contributed by atoms with van der Waals surface area (Å²) in [4.78, 5) is 37.4. The van der Waals surface area contributed by atoms with E-state index in [0.717, 1.165) is 16.2 Å². The lowest BCUT2D eigenvalue weighted by molar-refractivity contribution is -0.384. The van der Waals surface area contributed by atoms with Crippen LogP contribution in [0.25, 0.3) is 5.69 Å². The van der Waals surface area contributed by atoms with Gasteiger partial charge in [0.15, 0.2) is 5.69 Å². The second kappa shape index (κ2) is 8.52. The first-order valence-corrected chi connectivity index (χ1v) is 10.8. The number of aryl methyl sites for hydroxylation is 1. The van der Waals surface area contributed by atoms with Gasteiger partial charge in [-0.05, 0) is 43.2 Å². The van der Waals surface area contributed by atoms with E-state index in [-0.39, 0.29) is 23.1 Å². The third-order valence-electron chi connectivity index (χ3n) is 4.95. The fourth-order valence-electron chi connectivity index (χ4n) is 3.49. The fourth-order valence-corrected chi connectivity index (χ4v) is 4.77. The summed E-state index contributed by atoms with van der Waals surface area (Å²) in [6, 6.07) is 12.5. The highest BCUT2D eigenvalue weighted by Gasteiger charge is 2.26. The van der Waals surface area contributed by atoms with Crippen LogP contribution in [0, 0.1) is 17.0 Å². The molecule has 2 heterocycles. The molecule has 0 saturated carbocycles. The lowest BCUT2D eigenvalue weighted by Crippen LogP contribution is -2.35. The molecule has 1 N–H and O–H groups in total. The molecule has 0 radical (unpaired) electrons. The van der Waals surface area contributed by atoms with Crippen LogP contribution in [-0.4, -0.2) is 26.4 Å². The van der Waals surface area contributed by atoms with Crippen molar-refractivity contribution in [3.63, 3.8) is 0 Å². The maximum atomic E-state index is 13.0. The molecule has 2 aromatic carbocycles. The molecule has 158 valence electrons. The number of carbonyl (C=O) groups is 1. The zero-order chi connectivity index (χ0) is 22.1. The number of nitro benzene ring substituents is 1. The molecule has 3 aromatic rings. The number of rotatable bonds is 4. The van der Waals surface area contributed by atoms with Crippen molar-refractivity contribution in [3.05, 3.63) is 90.8 Å². The molecular weight excluding hydrogens is 440 g/mol. The van der Waals surface area contributed by atoms with Crippen molar-refractivity contribution < 1.29 is 9.72 Å². The average Bonchev–Trinajstić information content (AvgIpc) is 2.74. The second-order valence-corrected chi connectivity index (χ2v) is 8.57. The Morgan fingerprint density at radius 3 is 2.84 bits per heavy atom. The number of hydrogen-bond donors (Lipinski definition) is 1. The van der Waals surface area contributed by atoms with Gasteiger partial charge in [0.2, 0.25) is 5.43 Å². The molecular formula is C21H17ClN4O4S. The normalized spacial score (nSPS) is 15.2. The van der Waals surface area contributed by atoms with Gasteiger partial charge < -0.3 is 5.32 Å². The lowest BCUT2D eigenvalue weighted by atomic mass is 10.0. The van der Waals surface area contributed by atoms with E-state index >= 15 is 0 Å². The van der Waals surface area contributed by atoms with Crippen LogP contribution in [0.3, 0.4) is 0 Å². The topological polar surface area (TPSA) is 107 Å². The fraction of sp³-hybridized carbons (Fsp3) is 0.190. The van der Waals surface area contributed by atoms with E-state index in [4.69, 9.17) is 11.6 Å². The van der Waals surface area contributed by atoms with Crippen molar-refractivity contribution in [2.75, 3.05) is 5.75 Å². The summed E-state index contributed by atoms with van der Waals surface area (Å²) < 4.78 is 1.25. The summed E-state index contributed by atoms with van der Waals surface area (Å²) in [5.74, 6) is 0.168. The van der Waals surface area contributed by atoms with Crippen molar-refractivity contribution in [2.24, 2.45) is 0 Å². The Labute approximate surface area is 186 Å². The second-order valence-electron chi connectivity index (χ2n) is 7.00. The van der Waals surface area contributed by atoms with E-state index in [9.17, 15) is 19.7 Å². The minimum absolute atomic E-state index is 0.172. The summed E-state index contributed by atoms with van der Waals surface area (Å²) in [6.45, 7) is 1.60. The Hall–Kier alpha value is -3.17. The molecule has 0 fully saturated rings. The standard InChI is InChI=1S/C21H17ClN4O4S/c1-12-10-18(27)20(24-25(12)16-4-2-3-5-17(16)26(29)30)21(28)23-15-8-9-31-19-7-6-13(22)11-14(15)19/h2-7,10-11,15H,8-9H2,1H3,(H,23,28)/t15-/m1/s1. The van der Waals surface area contributed by atoms with E-state index in [0.29, 0.717) is 17.1 Å². The summed E-state index contributed by atoms with van der Waals surface area (Å²) in [5.41, 5.74) is 0.378. The number of benzene rings is 2. The van der Waals surface area contributed by atoms with E-state index in [1.54, 1.807) is 30.8 Å². The van der Waals surface area contributed by atoms with Crippen LogP contribution in [-0.2, 0) is 0 Å². The number of thioether (sulfide) groups is 1. The van der Waals surface area contributed by atoms with Gasteiger partial charge >= 0.3 is 0 Å². The molecule has 4 rings (SSSR count). The average molecular weight is 457 g/mol. The van der Waals surface area contributed by atoms with Crippen LogP contribution in [0.1, 0.15) is 34.2 Å². The van der Waals surface area contributed by atoms with Crippen LogP contribution in [0.2, 0.25) is 5.02 Å². The molecule has 8 nitrogen and oxygen atoms in total. The number of aromatic nitrogens is 2. The maximum Gasteiger partial charge on any atom is 0.294 e. The van der Waals surface area contributed by atoms with Crippen LogP contribution >= 0.6 is 23.4 Å². The molecule has 0 bridgehead atoms. The first kappa shape index (κ1) is 21.1. The van der Waals surface area contributed by atoms with Crippen LogP contribution in [0.5, 0.6) is 0 Å². The largest absolute Gasteiger partial charge is 0.344 e. The molecule has 0 saturated heterocycles. The molecule has 1 aliphatic heterocycles. The molecule has 1 aromatic heterocycles. The zero-order valence-electron chi connectivity index (χ0n) is 16.4. The predicted octanol–water partition coefficient (Wildman–Crippen LogP) is 4.07. The van der Waals surface area contributed by atoms with E-state index < -0.39 is 16.3 Å². The third kappa shape index (κ3) is 4.19. The lowest BCUT2D eigenvalue weighted by Gasteiger charge is -2.26. The Morgan fingerprint density at radius 2 is 2.06 bits per heavy atom. The molecule has 0 aliphatic carbocycles. The number of nitrogens with zero attached hydrogens (tertiary/aromatic N) is 3. The molecule has 0 spiro atoms. The van der Waals surface area contributed by atoms with E-state index in [1.165, 1.54) is 28.9 Å². The number of carbonyl (C=O) groups excluding carboxylic acids is 1. The van der Waals surface area contributed by atoms with Crippen molar-refractivity contribution in [1.29, 1.82) is 0 Å². The SMILES string of the molecule is Cc1cc(=O)c(C(=O)N[C@@H]2CCSc3ccc(Cl)cc32)nn1-c1ccccc1[N+](=O)[O-]. The highest BCUT2D eigenvalue weighted by Crippen LogP contribution is 2.37. The van der Waals surface area contributed by atoms with Crippen LogP contribution < -0.4 is 10.7 Å². The minimum Gasteiger partial charge on any atom is -0.344 e. The monoisotopic (exact) mass is 456 g/mol. The van der Waals surface area contributed by atoms with Crippen molar-refractivity contribution in [3.8, 4) is 5.69 Å². The van der Waals surface area contributed by atoms with E-state index in [2.05, 4.69) is 10.4 Å². The van der Waals surface area contributed by atoms with Crippen molar-refractivity contribution in [2.45, 2.75) is 24.3 Å². The predicted molar refractivity (Wildman–Crippen MR) is 118 cm³/mol. The summed E-state index contributed by atoms with van der Waals surface area (Å²) in [6.07, 6.45) is 0.675. The van der Waals surface area contributed by atoms with Crippen LogP contribution in [0.4, 0.5) is 5.69 Å². The van der Waals surface area contributed by atoms with Gasteiger partial charge in [0.1, 0.15) is 5.69 Å². The molecule has 31 heavy (non-hydrogen) atoms. The Balaban J connectivity index is 1.71. The van der Waals surface area contributed by atoms with Gasteiger partial charge in [-0.2, -0.15) is 5.10 Å². The number of nitrogens with one attached hydrogen (secondary N) is 1. The Morgan fingerprint density at radius 1 is 1.29 bits per heavy atom. The van der Waals surface area contributed by atoms with Gasteiger partial charge in [0.25, 0.3) is 11.6 Å². The number of nitro groups is 1. The van der Waals surface area contributed by atoms with Gasteiger partial charge in [-0.3, -0.25) is 19.7 Å². The highest BCUT2D eigenvalue weighted by molar-refractivity contribution is 7.99. The zero-order valence-corrected chi connectivity index (χ0v) is 17.9. The summed E-state index contributed by atoms with van der Waals surface area (Å²) in [5, 5.41) is 19.0. The quantitative estimate of drug-likeness (QED) is 0.468. The van der Waals surface area contributed by atoms with Crippen LogP contribution in [0.15, 0.2) is 58.2 Å². The smallest absolute Gasteiger partial charge is 0.294 e. The van der Waals surface area contributed by atoms with Gasteiger partial charge in [0, 0.05) is 33.5 Å². The number of halogens is 1. The van der Waals surface area contributed by atoms with Crippen molar-refractivity contribution >= 4 is 35.0 Å². The minimum atomic E-state index is -0.639. The first-order chi connectivity index (χ1) is 14.8. The maximum absolute atomic E-state index is 13.0. The van der Waals surface area contributed by atoms with Gasteiger partial charge in [0.05, 0.1) is 11.0 Å². The molecule has 10 heteroatoms. The van der Waals surface area contributed by atoms with Gasteiger partial charge in [-0.25, -0.2) is 4.68 Å². The number of amides is 1. The van der Waals surface area contributed by atoms with Gasteiger partial charge in [-0.15, -0.1) is 11.8 Å². The first-order valence-electron chi connectivity index (χ1n) is 9.43. The summed E-state index contributed by atoms with van der Waals surface area (Å²) in [7, 11) is 0. The number of fused-ring (bicyclic) bond motifs is 1. The molecule has 1 aliphatic rings. The molecule has 0 unspecified atom stereocenters.